The molecular formula is C6H9MoN3O2S4. The summed E-state index contributed by atoms with van der Waals surface area (Å²) in [6, 6.07) is 0. The molecule has 1 aliphatic heterocycles. The van der Waals surface area contributed by atoms with Gasteiger partial charge in [-0.05, 0) is 21.5 Å². The Balaban J connectivity index is 0.000000673. The quantitative estimate of drug-likeness (QED) is 0.299. The van der Waals surface area contributed by atoms with E-state index in [2.05, 4.69) is 5.43 Å². The maximum atomic E-state index is 8.50. The molecule has 1 N–H and O–H groups in total. The van der Waals surface area contributed by atoms with Gasteiger partial charge in [0, 0.05) is 13.1 Å². The van der Waals surface area contributed by atoms with Gasteiger partial charge in [-0.2, -0.15) is 0 Å². The molecule has 5 nitrogen and oxygen atoms in total. The molecule has 16 heavy (non-hydrogen) atoms. The summed E-state index contributed by atoms with van der Waals surface area (Å²) >= 11 is 17.3. The van der Waals surface area contributed by atoms with Crippen LogP contribution in [0, 0.1) is 0 Å². The summed E-state index contributed by atoms with van der Waals surface area (Å²) in [6.07, 6.45) is 2.31. The Morgan fingerprint density at radius 3 is 2.00 bits per heavy atom. The average Bonchev–Trinajstić information content (AvgIpc) is 2.67. The molecule has 0 aromatic carbocycles. The number of hydrogen-bond donors (Lipinski definition) is 1. The monoisotopic (exact) mass is 381 g/mol. The van der Waals surface area contributed by atoms with E-state index in [0.717, 1.165) is 25.9 Å². The van der Waals surface area contributed by atoms with Gasteiger partial charge in [-0.1, -0.05) is 0 Å². The molecule has 1 fully saturated rings. The molecule has 0 aromatic rings. The Labute approximate surface area is 124 Å². The fourth-order valence-corrected chi connectivity index (χ4v) is 1.71. The van der Waals surface area contributed by atoms with Gasteiger partial charge in [-0.25, -0.2) is 10.1 Å². The third-order valence-electron chi connectivity index (χ3n) is 1.74. The van der Waals surface area contributed by atoms with Crippen LogP contribution in [0.2, 0.25) is 0 Å². The summed E-state index contributed by atoms with van der Waals surface area (Å²) in [6.45, 7) is 1.89. The van der Waals surface area contributed by atoms with Crippen molar-refractivity contribution in [2.45, 2.75) is 12.8 Å². The van der Waals surface area contributed by atoms with Crippen molar-refractivity contribution in [2.24, 2.45) is 0 Å². The number of nitrogens with zero attached hydrogens (tertiary/aromatic N) is 2. The molecule has 1 saturated heterocycles. The fourth-order valence-electron chi connectivity index (χ4n) is 1.22. The normalized spacial score (nSPS) is 14.2. The van der Waals surface area contributed by atoms with E-state index in [9.17, 15) is 0 Å². The minimum atomic E-state index is -2.03. The van der Waals surface area contributed by atoms with Crippen molar-refractivity contribution in [3.63, 3.8) is 0 Å². The number of thiocarbonyl (C=S) groups is 2. The molecular weight excluding hydrogens is 370 g/mol. The van der Waals surface area contributed by atoms with E-state index in [1.54, 1.807) is 5.12 Å². The van der Waals surface area contributed by atoms with Gasteiger partial charge in [0.05, 0.1) is 0 Å². The van der Waals surface area contributed by atoms with Crippen molar-refractivity contribution in [1.29, 1.82) is 0 Å². The molecule has 1 aliphatic rings. The van der Waals surface area contributed by atoms with Gasteiger partial charge < -0.3 is 55.1 Å². The first-order valence-corrected chi connectivity index (χ1v) is 7.45. The summed E-state index contributed by atoms with van der Waals surface area (Å²) in [7, 11) is 0. The van der Waals surface area contributed by atoms with Crippen LogP contribution >= 0.6 is 24.4 Å². The Hall–Kier alpha value is 0.468. The van der Waals surface area contributed by atoms with E-state index in [4.69, 9.17) is 56.5 Å². The zero-order valence-corrected chi connectivity index (χ0v) is 13.4. The van der Waals surface area contributed by atoms with E-state index in [0.29, 0.717) is 4.32 Å². The van der Waals surface area contributed by atoms with Crippen molar-refractivity contribution in [1.82, 2.24) is 15.6 Å². The van der Waals surface area contributed by atoms with Crippen LogP contribution in [-0.4, -0.2) is 31.9 Å². The Morgan fingerprint density at radius 1 is 1.25 bits per heavy atom. The zero-order chi connectivity index (χ0) is 12.6. The summed E-state index contributed by atoms with van der Waals surface area (Å²) in [5.74, 6) is 0. The molecule has 0 spiro atoms. The van der Waals surface area contributed by atoms with Crippen LogP contribution in [0.25, 0.3) is 0 Å². The van der Waals surface area contributed by atoms with Crippen LogP contribution in [0.5, 0.6) is 0 Å². The second-order valence-electron chi connectivity index (χ2n) is 2.71. The molecule has 0 aromatic heterocycles. The minimum absolute atomic E-state index is 0.263. The van der Waals surface area contributed by atoms with Crippen molar-refractivity contribution in [3.8, 4) is 0 Å². The molecule has 0 unspecified atom stereocenters. The Bertz CT molecular complexity index is 291. The number of hydrogen-bond acceptors (Lipinski definition) is 7. The van der Waals surface area contributed by atoms with E-state index in [1.165, 1.54) is 0 Å². The number of hydrazine groups is 2. The first-order chi connectivity index (χ1) is 7.52. The van der Waals surface area contributed by atoms with Crippen molar-refractivity contribution in [2.75, 3.05) is 13.1 Å². The van der Waals surface area contributed by atoms with E-state index < -0.39 is 18.5 Å². The van der Waals surface area contributed by atoms with E-state index in [-0.39, 0.29) is 4.32 Å². The van der Waals surface area contributed by atoms with Gasteiger partial charge in [0.25, 0.3) is 0 Å². The second kappa shape index (κ2) is 9.49. The molecule has 0 radical (unpaired) electrons. The molecule has 0 atom stereocenters. The first-order valence-electron chi connectivity index (χ1n) is 4.18. The summed E-state index contributed by atoms with van der Waals surface area (Å²) < 4.78 is 17.6. The maximum absolute atomic E-state index is 8.50. The number of nitrogens with one attached hydrogen (secondary N) is 1. The molecule has 90 valence electrons. The third-order valence-corrected chi connectivity index (χ3v) is 2.26. The molecule has 0 aliphatic carbocycles. The van der Waals surface area contributed by atoms with Crippen LogP contribution < -0.4 is 5.43 Å². The second-order valence-corrected chi connectivity index (χ2v) is 5.15. The Kier molecular flexibility index (Phi) is 9.77. The Morgan fingerprint density at radius 2 is 1.69 bits per heavy atom. The van der Waals surface area contributed by atoms with Gasteiger partial charge >= 0.3 is 25.3 Å². The predicted octanol–water partition coefficient (Wildman–Crippen LogP) is 0.227. The van der Waals surface area contributed by atoms with Crippen LogP contribution in [-0.2, 0) is 50.5 Å². The molecule has 1 rings (SSSR count). The van der Waals surface area contributed by atoms with Crippen LogP contribution in [0.15, 0.2) is 0 Å². The summed E-state index contributed by atoms with van der Waals surface area (Å²) in [5, 5.41) is 3.61. The molecule has 0 saturated carbocycles. The van der Waals surface area contributed by atoms with Crippen molar-refractivity contribution < 1.29 is 25.3 Å². The van der Waals surface area contributed by atoms with Crippen LogP contribution in [0.1, 0.15) is 12.8 Å². The van der Waals surface area contributed by atoms with Gasteiger partial charge in [-0.3, -0.25) is 0 Å². The predicted molar refractivity (Wildman–Crippen MR) is 67.1 cm³/mol. The third kappa shape index (κ3) is 6.92. The van der Waals surface area contributed by atoms with Gasteiger partial charge in [0.15, 0.2) is 0 Å². The van der Waals surface area contributed by atoms with Crippen molar-refractivity contribution >= 4 is 58.3 Å². The molecule has 1 heterocycles. The van der Waals surface area contributed by atoms with Gasteiger partial charge in [0.1, 0.15) is 0 Å². The topological polar surface area (TPSA) is 52.6 Å². The fraction of sp³-hybridized carbons (Fsp3) is 0.667. The standard InChI is InChI=1S/C6H11N3S4.Mo.2O/c10-5(11)7-9(6(12)13)8-3-1-2-4-8;;;/h1-4H2,(H,12,13)(H2,7,10,11);;;/q;+2;;/p-2. The van der Waals surface area contributed by atoms with Crippen LogP contribution in [0.4, 0.5) is 0 Å². The summed E-state index contributed by atoms with van der Waals surface area (Å²) in [5.41, 5.74) is 2.78. The van der Waals surface area contributed by atoms with Crippen LogP contribution in [0.3, 0.4) is 0 Å². The molecule has 0 amide bonds. The first kappa shape index (κ1) is 16.5. The number of rotatable bonds is 1. The van der Waals surface area contributed by atoms with Crippen molar-refractivity contribution in [3.05, 3.63) is 0 Å². The van der Waals surface area contributed by atoms with E-state index >= 15 is 0 Å². The van der Waals surface area contributed by atoms with E-state index in [1.807, 2.05) is 5.01 Å². The van der Waals surface area contributed by atoms with Gasteiger partial charge in [0.2, 0.25) is 0 Å². The average molecular weight is 379 g/mol. The molecule has 0 bridgehead atoms. The van der Waals surface area contributed by atoms with Gasteiger partial charge in [-0.15, -0.1) is 0 Å². The SMILES string of the molecule is S=C([S-])NN(C(=S)[S-])N1CCCC1.[O]=[Mo+2]=[O]. The summed E-state index contributed by atoms with van der Waals surface area (Å²) in [4.78, 5) is 0. The zero-order valence-electron chi connectivity index (χ0n) is 8.08. The molecule has 10 heteroatoms.